The van der Waals surface area contributed by atoms with Crippen LogP contribution in [0.2, 0.25) is 0 Å². The van der Waals surface area contributed by atoms with E-state index in [1.807, 2.05) is 49.5 Å². The number of nitrogens with zero attached hydrogens (tertiary/aromatic N) is 2. The second-order valence-corrected chi connectivity index (χ2v) is 17.0. The zero-order chi connectivity index (χ0) is 43.5. The van der Waals surface area contributed by atoms with Gasteiger partial charge in [-0.25, -0.2) is 4.98 Å². The molecule has 8 rings (SSSR count). The lowest BCUT2D eigenvalue weighted by atomic mass is 9.58. The molecule has 6 aromatic rings. The van der Waals surface area contributed by atoms with Gasteiger partial charge in [-0.1, -0.05) is 36.8 Å². The van der Waals surface area contributed by atoms with Crippen LogP contribution in [-0.4, -0.2) is 70.2 Å². The Kier molecular flexibility index (Phi) is 12.3. The van der Waals surface area contributed by atoms with E-state index in [4.69, 9.17) is 14.5 Å². The van der Waals surface area contributed by atoms with E-state index in [0.717, 1.165) is 51.7 Å². The van der Waals surface area contributed by atoms with Crippen LogP contribution in [0.3, 0.4) is 0 Å². The van der Waals surface area contributed by atoms with Crippen LogP contribution < -0.4 is 25.1 Å². The van der Waals surface area contributed by atoms with Crippen molar-refractivity contribution in [2.45, 2.75) is 74.7 Å². The van der Waals surface area contributed by atoms with Crippen LogP contribution in [0.15, 0.2) is 97.3 Å². The highest BCUT2D eigenvalue weighted by atomic mass is 16.5. The summed E-state index contributed by atoms with van der Waals surface area (Å²) in [5.74, 6) is -1.37. The summed E-state index contributed by atoms with van der Waals surface area (Å²) in [4.78, 5) is 25.4. The van der Waals surface area contributed by atoms with Gasteiger partial charge in [0.25, 0.3) is 0 Å². The molecule has 0 radical (unpaired) electrons. The molecule has 6 unspecified atom stereocenters. The van der Waals surface area contributed by atoms with Crippen LogP contribution in [0.1, 0.15) is 78.3 Å². The number of phenolic OH excluding ortho intramolecular Hbond substituents is 4. The molecular weight excluding hydrogens is 785 g/mol. The second kappa shape index (κ2) is 18.0. The normalized spacial score (nSPS) is 22.0. The van der Waals surface area contributed by atoms with Gasteiger partial charge in [0.1, 0.15) is 17.4 Å². The lowest BCUT2D eigenvalue weighted by Crippen LogP contribution is -2.50. The van der Waals surface area contributed by atoms with E-state index in [2.05, 4.69) is 15.6 Å². The van der Waals surface area contributed by atoms with Crippen LogP contribution in [0, 0.1) is 11.8 Å². The summed E-state index contributed by atoms with van der Waals surface area (Å²) in [7, 11) is 4.80. The summed E-state index contributed by atoms with van der Waals surface area (Å²) >= 11 is 0. The van der Waals surface area contributed by atoms with E-state index in [1.54, 1.807) is 48.8 Å². The monoisotopic (exact) mass is 839 g/mol. The fourth-order valence-corrected chi connectivity index (χ4v) is 10.7. The molecule has 0 saturated heterocycles. The Morgan fingerprint density at radius 1 is 0.952 bits per heavy atom. The molecule has 2 bridgehead atoms. The van der Waals surface area contributed by atoms with Crippen LogP contribution >= 0.6 is 0 Å². The minimum atomic E-state index is -1.09. The lowest BCUT2D eigenvalue weighted by molar-refractivity contribution is -0.132. The largest absolute Gasteiger partial charge is 0.668 e. The van der Waals surface area contributed by atoms with Crippen molar-refractivity contribution in [1.29, 1.82) is 0 Å². The number of rotatable bonds is 11. The number of ketones is 1. The first-order chi connectivity index (χ1) is 30.0. The summed E-state index contributed by atoms with van der Waals surface area (Å²) in [6.45, 7) is 0.509. The smallest absolute Gasteiger partial charge is 0.200 e. The van der Waals surface area contributed by atoms with Crippen LogP contribution in [-0.2, 0) is 23.1 Å². The molecule has 6 atom stereocenters. The molecule has 1 aliphatic heterocycles. The number of nitrogens with one attached hydrogen (secondary N) is 2. The minimum Gasteiger partial charge on any atom is -0.668 e. The predicted molar refractivity (Wildman–Crippen MR) is 238 cm³/mol. The van der Waals surface area contributed by atoms with Gasteiger partial charge in [0.15, 0.2) is 23.0 Å². The summed E-state index contributed by atoms with van der Waals surface area (Å²) in [5, 5.41) is 64.4. The summed E-state index contributed by atoms with van der Waals surface area (Å²) in [6.07, 6.45) is 6.51. The van der Waals surface area contributed by atoms with Gasteiger partial charge in [0.2, 0.25) is 5.75 Å². The maximum Gasteiger partial charge on any atom is 0.200 e. The standard InChI is InChI=1S/C50H55N4O8/c1-51-28-33-21-31(32-24-43(59)49(60)45(25-32)62-3)23-42(58)48(41(57)15-9-29-8-14-40(56)44(20-29)61-2)50(17-4-6-34(50)26-36-7-5-18-52-36)35-16-19-53-46(27-35)54-39-13-10-30-22-37(55)11-12-38(30)47(33)39/h5,7-8,10-14,16,18-20,22,24-25,27,31,33-34,41,48,51,55-57,59-60H,4,6,9,15,17,21,23,26,28H2,1-3H3,(H,53,54)/q-1. The number of benzene rings is 4. The van der Waals surface area contributed by atoms with E-state index < -0.39 is 23.4 Å². The van der Waals surface area contributed by atoms with Crippen molar-refractivity contribution in [3.8, 4) is 34.5 Å². The lowest BCUT2D eigenvalue weighted by Gasteiger charge is -2.45. The van der Waals surface area contributed by atoms with Gasteiger partial charge in [-0.3, -0.25) is 4.79 Å². The van der Waals surface area contributed by atoms with Gasteiger partial charge >= 0.3 is 0 Å². The van der Waals surface area contributed by atoms with Crippen LogP contribution in [0.25, 0.3) is 10.8 Å². The molecule has 1 saturated carbocycles. The number of hydrogen-bond donors (Lipinski definition) is 7. The van der Waals surface area contributed by atoms with E-state index in [1.165, 1.54) is 20.3 Å². The fourth-order valence-electron chi connectivity index (χ4n) is 10.7. The first-order valence-electron chi connectivity index (χ1n) is 21.4. The van der Waals surface area contributed by atoms with Gasteiger partial charge in [-0.15, -0.1) is 0 Å². The zero-order valence-electron chi connectivity index (χ0n) is 35.3. The second-order valence-electron chi connectivity index (χ2n) is 17.0. The number of carbonyl (C=O) groups is 1. The number of pyridine rings is 1. The van der Waals surface area contributed by atoms with Crippen molar-refractivity contribution >= 4 is 28.1 Å². The van der Waals surface area contributed by atoms with E-state index in [-0.39, 0.29) is 59.2 Å². The molecule has 2 aliphatic rings. The highest BCUT2D eigenvalue weighted by Crippen LogP contribution is 2.55. The van der Waals surface area contributed by atoms with Gasteiger partial charge < -0.3 is 50.6 Å². The SMILES string of the molecule is CNCC1CC(c2cc(O)c(O)c(OC)c2)CC(=O)C(C(O)CCc2ccc(O)c(OC)c2)C2(CCCC2Cc2ccc[n-]2)c2ccnc(c2)Nc2ccc3cc(O)ccc3c21. The van der Waals surface area contributed by atoms with Crippen molar-refractivity contribution in [3.05, 3.63) is 125 Å². The first-order valence-corrected chi connectivity index (χ1v) is 21.4. The number of methoxy groups -OCH3 is 2. The topological polar surface area (TPSA) is 188 Å². The minimum absolute atomic E-state index is 0.0116. The number of fused-ring (bicyclic) bond motifs is 6. The van der Waals surface area contributed by atoms with Crippen molar-refractivity contribution in [1.82, 2.24) is 15.3 Å². The molecule has 4 aromatic carbocycles. The van der Waals surface area contributed by atoms with Crippen molar-refractivity contribution in [2.75, 3.05) is 33.1 Å². The Morgan fingerprint density at radius 3 is 2.56 bits per heavy atom. The number of ether oxygens (including phenoxy) is 2. The van der Waals surface area contributed by atoms with E-state index in [9.17, 15) is 25.5 Å². The highest BCUT2D eigenvalue weighted by molar-refractivity contribution is 5.93. The van der Waals surface area contributed by atoms with E-state index in [0.29, 0.717) is 49.4 Å². The number of hydrogen-bond acceptors (Lipinski definition) is 11. The zero-order valence-corrected chi connectivity index (χ0v) is 35.3. The average Bonchev–Trinajstić information content (AvgIpc) is 3.94. The Balaban J connectivity index is 1.34. The number of Topliss-reactive ketones (excluding diaryl/α,β-unsaturated/α-hetero) is 1. The number of phenols is 4. The molecule has 7 N–H and O–H groups in total. The number of carbonyl (C=O) groups excluding carboxylic acids is 1. The van der Waals surface area contributed by atoms with Crippen LogP contribution in [0.5, 0.6) is 34.5 Å². The number of likely N-dealkylation sites (N-methyl/N-ethyl adjacent to an activating group) is 1. The molecule has 12 nitrogen and oxygen atoms in total. The first kappa shape index (κ1) is 42.5. The van der Waals surface area contributed by atoms with Gasteiger partial charge in [-0.2, -0.15) is 11.9 Å². The van der Waals surface area contributed by atoms with Gasteiger partial charge in [0, 0.05) is 30.3 Å². The average molecular weight is 840 g/mol. The molecule has 1 fully saturated rings. The summed E-state index contributed by atoms with van der Waals surface area (Å²) < 4.78 is 10.9. The predicted octanol–water partition coefficient (Wildman–Crippen LogP) is 8.12. The number of anilines is 2. The number of aromatic nitrogens is 2. The Labute approximate surface area is 361 Å². The third-order valence-electron chi connectivity index (χ3n) is 13.5. The maximum atomic E-state index is 15.9. The quantitative estimate of drug-likeness (QED) is 0.0622. The number of aliphatic hydroxyl groups is 1. The Hall–Kier alpha value is -6.24. The summed E-state index contributed by atoms with van der Waals surface area (Å²) in [5.41, 5.74) is 4.25. The van der Waals surface area contributed by atoms with Crippen LogP contribution in [0.4, 0.5) is 11.5 Å². The highest BCUT2D eigenvalue weighted by Gasteiger charge is 2.54. The molecule has 1 aliphatic carbocycles. The Bertz CT molecular complexity index is 2540. The number of aryl methyl sites for hydroxylation is 1. The molecule has 324 valence electrons. The number of aromatic hydroxyl groups is 4. The van der Waals surface area contributed by atoms with Crippen molar-refractivity contribution in [3.63, 3.8) is 0 Å². The molecule has 62 heavy (non-hydrogen) atoms. The van der Waals surface area contributed by atoms with Crippen molar-refractivity contribution < 1.29 is 39.8 Å². The molecular formula is C50H55N4O8-. The van der Waals surface area contributed by atoms with Gasteiger partial charge in [-0.05, 0) is 151 Å². The molecule has 3 heterocycles. The van der Waals surface area contributed by atoms with Gasteiger partial charge in [0.05, 0.1) is 26.2 Å². The fraction of sp³-hybridized carbons (Fsp3) is 0.360. The van der Waals surface area contributed by atoms with E-state index >= 15 is 4.79 Å². The summed E-state index contributed by atoms with van der Waals surface area (Å²) in [6, 6.07) is 25.6. The van der Waals surface area contributed by atoms with Crippen molar-refractivity contribution in [2.24, 2.45) is 11.8 Å². The Morgan fingerprint density at radius 2 is 1.79 bits per heavy atom. The molecule has 2 aromatic heterocycles. The molecule has 12 heteroatoms. The third-order valence-corrected chi connectivity index (χ3v) is 13.5. The molecule has 1 spiro atoms. The number of aliphatic hydroxyl groups excluding tert-OH is 1. The molecule has 0 amide bonds. The third kappa shape index (κ3) is 8.24. The maximum absolute atomic E-state index is 15.9.